The molecule has 0 aliphatic carbocycles. The summed E-state index contributed by atoms with van der Waals surface area (Å²) in [6.07, 6.45) is 3.14. The van der Waals surface area contributed by atoms with Crippen molar-refractivity contribution in [1.29, 1.82) is 0 Å². The molecule has 2 N–H and O–H groups in total. The van der Waals surface area contributed by atoms with Crippen LogP contribution in [0.25, 0.3) is 5.65 Å². The lowest BCUT2D eigenvalue weighted by Crippen LogP contribution is -2.12. The molecule has 0 saturated carbocycles. The van der Waals surface area contributed by atoms with Crippen LogP contribution in [0, 0.1) is 0 Å². The molecule has 0 aromatic carbocycles. The van der Waals surface area contributed by atoms with Gasteiger partial charge >= 0.3 is 0 Å². The first kappa shape index (κ1) is 8.14. The van der Waals surface area contributed by atoms with Crippen LogP contribution in [0.2, 0.25) is 0 Å². The zero-order valence-electron chi connectivity index (χ0n) is 6.45. The average Bonchev–Trinajstić information content (AvgIpc) is 2.45. The van der Waals surface area contributed by atoms with Gasteiger partial charge in [-0.3, -0.25) is 0 Å². The SMILES string of the molecule is NS(=O)(=O)c1cc2ncccn2n1. The van der Waals surface area contributed by atoms with E-state index in [2.05, 4.69) is 10.1 Å². The summed E-state index contributed by atoms with van der Waals surface area (Å²) in [5, 5.41) is 8.44. The van der Waals surface area contributed by atoms with Crippen molar-refractivity contribution in [3.8, 4) is 0 Å². The number of nitrogens with two attached hydrogens (primary N) is 1. The third kappa shape index (κ3) is 1.38. The Morgan fingerprint density at radius 3 is 2.85 bits per heavy atom. The second kappa shape index (κ2) is 2.51. The van der Waals surface area contributed by atoms with Crippen molar-refractivity contribution in [2.45, 2.75) is 5.03 Å². The molecule has 0 bridgehead atoms. The Balaban J connectivity index is 2.77. The smallest absolute Gasteiger partial charge is 0.237 e. The minimum Gasteiger partial charge on any atom is -0.237 e. The van der Waals surface area contributed by atoms with Crippen molar-refractivity contribution in [2.24, 2.45) is 5.14 Å². The molecular formula is C6H6N4O2S. The first-order valence-corrected chi connectivity index (χ1v) is 4.95. The number of nitrogens with zero attached hydrogens (tertiary/aromatic N) is 3. The summed E-state index contributed by atoms with van der Waals surface area (Å²) in [4.78, 5) is 3.90. The van der Waals surface area contributed by atoms with Gasteiger partial charge in [0.25, 0.3) is 10.0 Å². The fourth-order valence-corrected chi connectivity index (χ4v) is 1.42. The molecule has 0 radical (unpaired) electrons. The molecule has 0 fully saturated rings. The van der Waals surface area contributed by atoms with E-state index >= 15 is 0 Å². The van der Waals surface area contributed by atoms with Gasteiger partial charge in [0.05, 0.1) is 0 Å². The minimum atomic E-state index is -3.74. The summed E-state index contributed by atoms with van der Waals surface area (Å²) in [5.74, 6) is 0. The van der Waals surface area contributed by atoms with Crippen LogP contribution in [0.3, 0.4) is 0 Å². The molecule has 0 aliphatic rings. The molecule has 0 atom stereocenters. The van der Waals surface area contributed by atoms with Crippen molar-refractivity contribution in [1.82, 2.24) is 14.6 Å². The van der Waals surface area contributed by atoms with Gasteiger partial charge in [0.15, 0.2) is 10.7 Å². The van der Waals surface area contributed by atoms with Gasteiger partial charge < -0.3 is 0 Å². The molecule has 13 heavy (non-hydrogen) atoms. The highest BCUT2D eigenvalue weighted by Gasteiger charge is 2.12. The molecule has 0 spiro atoms. The number of sulfonamides is 1. The Bertz CT molecular complexity index is 512. The number of hydrogen-bond acceptors (Lipinski definition) is 4. The quantitative estimate of drug-likeness (QED) is 0.661. The largest absolute Gasteiger partial charge is 0.257 e. The average molecular weight is 198 g/mol. The first-order chi connectivity index (χ1) is 6.07. The third-order valence-electron chi connectivity index (χ3n) is 1.51. The molecule has 68 valence electrons. The van der Waals surface area contributed by atoms with E-state index in [1.165, 1.54) is 10.6 Å². The van der Waals surface area contributed by atoms with Crippen LogP contribution < -0.4 is 5.14 Å². The van der Waals surface area contributed by atoms with Gasteiger partial charge in [-0.15, -0.1) is 0 Å². The van der Waals surface area contributed by atoms with Crippen molar-refractivity contribution < 1.29 is 8.42 Å². The topological polar surface area (TPSA) is 90.4 Å². The highest BCUT2D eigenvalue weighted by molar-refractivity contribution is 7.89. The Morgan fingerprint density at radius 2 is 2.23 bits per heavy atom. The fraction of sp³-hybridized carbons (Fsp3) is 0. The minimum absolute atomic E-state index is 0.175. The summed E-state index contributed by atoms with van der Waals surface area (Å²) in [6.45, 7) is 0. The molecule has 2 aromatic rings. The summed E-state index contributed by atoms with van der Waals surface area (Å²) in [7, 11) is -3.74. The van der Waals surface area contributed by atoms with E-state index in [0.717, 1.165) is 0 Å². The van der Waals surface area contributed by atoms with Gasteiger partial charge in [0, 0.05) is 18.5 Å². The van der Waals surface area contributed by atoms with Crippen LogP contribution in [0.4, 0.5) is 0 Å². The van der Waals surface area contributed by atoms with Crippen LogP contribution in [0.15, 0.2) is 29.6 Å². The monoisotopic (exact) mass is 198 g/mol. The Kier molecular flexibility index (Phi) is 1.57. The van der Waals surface area contributed by atoms with Crippen LogP contribution in [-0.2, 0) is 10.0 Å². The maximum absolute atomic E-state index is 10.9. The number of aromatic nitrogens is 3. The van der Waals surface area contributed by atoms with Crippen LogP contribution in [0.1, 0.15) is 0 Å². The normalized spacial score (nSPS) is 12.1. The van der Waals surface area contributed by atoms with Crippen molar-refractivity contribution in [3.05, 3.63) is 24.5 Å². The first-order valence-electron chi connectivity index (χ1n) is 3.40. The maximum Gasteiger partial charge on any atom is 0.257 e. The number of primary sulfonamides is 1. The molecule has 2 heterocycles. The predicted molar refractivity (Wildman–Crippen MR) is 44.4 cm³/mol. The number of fused-ring (bicyclic) bond motifs is 1. The highest BCUT2D eigenvalue weighted by atomic mass is 32.2. The number of hydrogen-bond donors (Lipinski definition) is 1. The van der Waals surface area contributed by atoms with E-state index in [1.54, 1.807) is 18.5 Å². The molecule has 6 nitrogen and oxygen atoms in total. The van der Waals surface area contributed by atoms with Gasteiger partial charge in [-0.05, 0) is 6.07 Å². The molecular weight excluding hydrogens is 192 g/mol. The standard InChI is InChI=1S/C6H6N4O2S/c7-13(11,12)6-4-5-8-2-1-3-10(5)9-6/h1-4H,(H2,7,11,12). The zero-order valence-corrected chi connectivity index (χ0v) is 7.27. The van der Waals surface area contributed by atoms with Crippen molar-refractivity contribution in [2.75, 3.05) is 0 Å². The summed E-state index contributed by atoms with van der Waals surface area (Å²) >= 11 is 0. The van der Waals surface area contributed by atoms with E-state index in [-0.39, 0.29) is 5.03 Å². The lowest BCUT2D eigenvalue weighted by Gasteiger charge is -1.87. The van der Waals surface area contributed by atoms with E-state index < -0.39 is 10.0 Å². The Hall–Kier alpha value is -1.47. The lowest BCUT2D eigenvalue weighted by atomic mass is 10.6. The van der Waals surface area contributed by atoms with E-state index in [1.807, 2.05) is 0 Å². The summed E-state index contributed by atoms with van der Waals surface area (Å²) in [5.41, 5.74) is 0.450. The molecule has 0 saturated heterocycles. The van der Waals surface area contributed by atoms with Crippen molar-refractivity contribution in [3.63, 3.8) is 0 Å². The predicted octanol–water partition coefficient (Wildman–Crippen LogP) is -0.623. The second-order valence-corrected chi connectivity index (χ2v) is 3.96. The van der Waals surface area contributed by atoms with E-state index in [4.69, 9.17) is 5.14 Å². The second-order valence-electron chi connectivity index (χ2n) is 2.45. The Labute approximate surface area is 74.1 Å². The van der Waals surface area contributed by atoms with Gasteiger partial charge in [0.2, 0.25) is 0 Å². The zero-order chi connectivity index (χ0) is 9.47. The highest BCUT2D eigenvalue weighted by Crippen LogP contribution is 2.06. The molecule has 0 aliphatic heterocycles. The molecule has 2 aromatic heterocycles. The van der Waals surface area contributed by atoms with Crippen molar-refractivity contribution >= 4 is 15.7 Å². The van der Waals surface area contributed by atoms with Gasteiger partial charge in [-0.25, -0.2) is 23.1 Å². The Morgan fingerprint density at radius 1 is 1.46 bits per heavy atom. The van der Waals surface area contributed by atoms with Gasteiger partial charge in [-0.2, -0.15) is 5.10 Å². The molecule has 0 unspecified atom stereocenters. The molecule has 7 heteroatoms. The molecule has 2 rings (SSSR count). The van der Waals surface area contributed by atoms with Gasteiger partial charge in [-0.1, -0.05) is 0 Å². The summed E-state index contributed by atoms with van der Waals surface area (Å²) in [6, 6.07) is 2.96. The number of rotatable bonds is 1. The van der Waals surface area contributed by atoms with Crippen LogP contribution >= 0.6 is 0 Å². The van der Waals surface area contributed by atoms with Gasteiger partial charge in [0.1, 0.15) is 0 Å². The van der Waals surface area contributed by atoms with E-state index in [0.29, 0.717) is 5.65 Å². The summed E-state index contributed by atoms with van der Waals surface area (Å²) < 4.78 is 23.1. The third-order valence-corrected chi connectivity index (χ3v) is 2.29. The van der Waals surface area contributed by atoms with E-state index in [9.17, 15) is 8.42 Å². The lowest BCUT2D eigenvalue weighted by molar-refractivity contribution is 0.592. The maximum atomic E-state index is 10.9. The molecule has 0 amide bonds. The van der Waals surface area contributed by atoms with Crippen LogP contribution in [-0.4, -0.2) is 23.0 Å². The fourth-order valence-electron chi connectivity index (χ4n) is 0.947. The van der Waals surface area contributed by atoms with Crippen LogP contribution in [0.5, 0.6) is 0 Å².